The normalized spacial score (nSPS) is 31.0. The highest BCUT2D eigenvalue weighted by molar-refractivity contribution is 6.29. The van der Waals surface area contributed by atoms with Crippen LogP contribution in [0.4, 0.5) is 0 Å². The fraction of sp³-hybridized carbons (Fsp3) is 0.583. The average molecular weight is 274 g/mol. The molecule has 4 heterocycles. The average Bonchev–Trinajstić information content (AvgIpc) is 2.34. The molecule has 3 aliphatic heterocycles. The summed E-state index contributed by atoms with van der Waals surface area (Å²) in [5.41, 5.74) is 1.32. The standard InChI is InChI=1S/C12H17ClN3.ClH/c13-12-2-1-11(9-14-12)10-16-6-3-15(4-7-16)5-8-16;/h1-2,9H,3-8,10H2;1H/q+1;/p-1. The first-order valence-corrected chi connectivity index (χ1v) is 6.32. The number of aromatic nitrogens is 1. The third-order valence-electron chi connectivity index (χ3n) is 3.98. The van der Waals surface area contributed by atoms with Gasteiger partial charge in [0.2, 0.25) is 0 Å². The zero-order valence-electron chi connectivity index (χ0n) is 9.78. The monoisotopic (exact) mass is 273 g/mol. The molecule has 3 nitrogen and oxygen atoms in total. The molecule has 0 radical (unpaired) electrons. The molecule has 0 aromatic carbocycles. The van der Waals surface area contributed by atoms with Gasteiger partial charge in [0.25, 0.3) is 0 Å². The van der Waals surface area contributed by atoms with Gasteiger partial charge < -0.3 is 16.9 Å². The molecular weight excluding hydrogens is 257 g/mol. The van der Waals surface area contributed by atoms with E-state index in [0.717, 1.165) is 6.54 Å². The maximum atomic E-state index is 5.81. The molecule has 0 saturated carbocycles. The highest BCUT2D eigenvalue weighted by atomic mass is 35.5. The van der Waals surface area contributed by atoms with Gasteiger partial charge in [0, 0.05) is 31.4 Å². The summed E-state index contributed by atoms with van der Waals surface area (Å²) in [7, 11) is 0. The van der Waals surface area contributed by atoms with Gasteiger partial charge in [-0.15, -0.1) is 0 Å². The number of halogens is 2. The molecule has 2 bridgehead atoms. The molecule has 0 aliphatic carbocycles. The van der Waals surface area contributed by atoms with E-state index in [1.807, 2.05) is 12.3 Å². The van der Waals surface area contributed by atoms with Gasteiger partial charge in [0.1, 0.15) is 11.7 Å². The third-order valence-corrected chi connectivity index (χ3v) is 4.20. The Morgan fingerprint density at radius 3 is 2.35 bits per heavy atom. The lowest BCUT2D eigenvalue weighted by Crippen LogP contribution is -3.00. The zero-order chi connectivity index (χ0) is 11.0. The second-order valence-electron chi connectivity index (χ2n) is 5.00. The van der Waals surface area contributed by atoms with Crippen LogP contribution in [-0.2, 0) is 6.54 Å². The van der Waals surface area contributed by atoms with Crippen molar-refractivity contribution in [3.05, 3.63) is 29.0 Å². The smallest absolute Gasteiger partial charge is 0.129 e. The maximum absolute atomic E-state index is 5.81. The summed E-state index contributed by atoms with van der Waals surface area (Å²) in [6, 6.07) is 4.01. The number of piperazine rings is 3. The lowest BCUT2D eigenvalue weighted by molar-refractivity contribution is -0.953. The summed E-state index contributed by atoms with van der Waals surface area (Å²) >= 11 is 5.81. The molecule has 3 fully saturated rings. The van der Waals surface area contributed by atoms with Crippen LogP contribution >= 0.6 is 11.6 Å². The van der Waals surface area contributed by atoms with Gasteiger partial charge in [-0.05, 0) is 12.1 Å². The van der Waals surface area contributed by atoms with Crippen molar-refractivity contribution in [2.75, 3.05) is 39.3 Å². The van der Waals surface area contributed by atoms with E-state index < -0.39 is 0 Å². The minimum absolute atomic E-state index is 0. The Bertz CT molecular complexity index is 358. The molecule has 5 heteroatoms. The van der Waals surface area contributed by atoms with Gasteiger partial charge in [-0.3, -0.25) is 4.90 Å². The van der Waals surface area contributed by atoms with E-state index in [2.05, 4.69) is 16.0 Å². The first-order chi connectivity index (χ1) is 7.76. The molecule has 0 atom stereocenters. The van der Waals surface area contributed by atoms with Crippen LogP contribution in [-0.4, -0.2) is 53.6 Å². The maximum Gasteiger partial charge on any atom is 0.129 e. The molecule has 3 aliphatic rings. The second kappa shape index (κ2) is 5.11. The Balaban J connectivity index is 0.00000108. The van der Waals surface area contributed by atoms with Crippen LogP contribution < -0.4 is 12.4 Å². The van der Waals surface area contributed by atoms with E-state index in [1.54, 1.807) is 0 Å². The van der Waals surface area contributed by atoms with Crippen LogP contribution in [0.15, 0.2) is 18.3 Å². The Kier molecular flexibility index (Phi) is 3.93. The topological polar surface area (TPSA) is 16.1 Å². The Labute approximate surface area is 113 Å². The van der Waals surface area contributed by atoms with Gasteiger partial charge in [-0.1, -0.05) is 11.6 Å². The van der Waals surface area contributed by atoms with Gasteiger partial charge in [-0.2, -0.15) is 0 Å². The Morgan fingerprint density at radius 2 is 1.82 bits per heavy atom. The zero-order valence-corrected chi connectivity index (χ0v) is 11.3. The molecule has 0 unspecified atom stereocenters. The van der Waals surface area contributed by atoms with Crippen molar-refractivity contribution >= 4 is 11.6 Å². The fourth-order valence-electron chi connectivity index (χ4n) is 2.86. The molecule has 17 heavy (non-hydrogen) atoms. The van der Waals surface area contributed by atoms with Gasteiger partial charge in [0.15, 0.2) is 0 Å². The predicted molar refractivity (Wildman–Crippen MR) is 64.3 cm³/mol. The van der Waals surface area contributed by atoms with Crippen molar-refractivity contribution in [1.29, 1.82) is 0 Å². The summed E-state index contributed by atoms with van der Waals surface area (Å²) in [5.74, 6) is 0. The minimum Gasteiger partial charge on any atom is -1.00 e. The second-order valence-corrected chi connectivity index (χ2v) is 5.39. The van der Waals surface area contributed by atoms with Gasteiger partial charge in [0.05, 0.1) is 19.6 Å². The summed E-state index contributed by atoms with van der Waals surface area (Å²) in [4.78, 5) is 6.74. The minimum atomic E-state index is 0. The summed E-state index contributed by atoms with van der Waals surface area (Å²) in [6.45, 7) is 8.80. The number of rotatable bonds is 2. The van der Waals surface area contributed by atoms with Crippen molar-refractivity contribution in [2.45, 2.75) is 6.54 Å². The van der Waals surface area contributed by atoms with Crippen LogP contribution in [0.2, 0.25) is 5.15 Å². The first kappa shape index (κ1) is 13.1. The number of quaternary nitrogens is 1. The SMILES string of the molecule is Clc1ccc(C[N+]23CCN(CC2)CC3)cn1.[Cl-]. The third kappa shape index (κ3) is 2.74. The van der Waals surface area contributed by atoms with Crippen LogP contribution in [0, 0.1) is 0 Å². The molecule has 1 aromatic rings. The highest BCUT2D eigenvalue weighted by Gasteiger charge is 2.38. The van der Waals surface area contributed by atoms with Crippen LogP contribution in [0.5, 0.6) is 0 Å². The van der Waals surface area contributed by atoms with Crippen LogP contribution in [0.3, 0.4) is 0 Å². The molecule has 0 amide bonds. The first-order valence-electron chi connectivity index (χ1n) is 5.94. The lowest BCUT2D eigenvalue weighted by atomic mass is 10.1. The molecule has 4 rings (SSSR count). The molecule has 94 valence electrons. The Morgan fingerprint density at radius 1 is 1.18 bits per heavy atom. The number of pyridine rings is 1. The van der Waals surface area contributed by atoms with Crippen molar-refractivity contribution in [3.8, 4) is 0 Å². The van der Waals surface area contributed by atoms with Crippen LogP contribution in [0.25, 0.3) is 0 Å². The summed E-state index contributed by atoms with van der Waals surface area (Å²) in [5, 5.41) is 0.590. The van der Waals surface area contributed by atoms with Gasteiger partial charge >= 0.3 is 0 Å². The number of hydrogen-bond donors (Lipinski definition) is 0. The van der Waals surface area contributed by atoms with Crippen molar-refractivity contribution in [3.63, 3.8) is 0 Å². The molecular formula is C12H17Cl2N3. The largest absolute Gasteiger partial charge is 1.00 e. The molecule has 3 saturated heterocycles. The van der Waals surface area contributed by atoms with Crippen LogP contribution in [0.1, 0.15) is 5.56 Å². The predicted octanol–water partition coefficient (Wildman–Crippen LogP) is -1.61. The van der Waals surface area contributed by atoms with E-state index in [4.69, 9.17) is 11.6 Å². The van der Waals surface area contributed by atoms with Crippen molar-refractivity contribution in [2.24, 2.45) is 0 Å². The van der Waals surface area contributed by atoms with E-state index in [-0.39, 0.29) is 12.4 Å². The lowest BCUT2D eigenvalue weighted by Gasteiger charge is -2.50. The van der Waals surface area contributed by atoms with E-state index >= 15 is 0 Å². The number of fused-ring (bicyclic) bond motifs is 3. The highest BCUT2D eigenvalue weighted by Crippen LogP contribution is 2.23. The van der Waals surface area contributed by atoms with E-state index in [9.17, 15) is 0 Å². The number of nitrogens with zero attached hydrogens (tertiary/aromatic N) is 3. The summed E-state index contributed by atoms with van der Waals surface area (Å²) in [6.07, 6.45) is 1.93. The molecule has 0 N–H and O–H groups in total. The van der Waals surface area contributed by atoms with Crippen molar-refractivity contribution < 1.29 is 16.9 Å². The quantitative estimate of drug-likeness (QED) is 0.476. The fourth-order valence-corrected chi connectivity index (χ4v) is 2.97. The molecule has 1 aromatic heterocycles. The molecule has 0 spiro atoms. The number of hydrogen-bond acceptors (Lipinski definition) is 2. The van der Waals surface area contributed by atoms with Gasteiger partial charge in [-0.25, -0.2) is 4.98 Å². The van der Waals surface area contributed by atoms with Crippen molar-refractivity contribution in [1.82, 2.24) is 9.88 Å². The summed E-state index contributed by atoms with van der Waals surface area (Å²) < 4.78 is 1.25. The van der Waals surface area contributed by atoms with E-state index in [1.165, 1.54) is 49.3 Å². The van der Waals surface area contributed by atoms with E-state index in [0.29, 0.717) is 5.15 Å². The Hall–Kier alpha value is -0.350.